The number of carbonyl (C=O) groups is 2. The molecule has 32 heavy (non-hydrogen) atoms. The first kappa shape index (κ1) is 23.2. The fraction of sp³-hybridized carbons (Fsp3) is 0.304. The van der Waals surface area contributed by atoms with Crippen molar-refractivity contribution in [2.24, 2.45) is 12.1 Å². The number of carbonyl (C=O) groups excluding carboxylic acids is 2. The van der Waals surface area contributed by atoms with Crippen molar-refractivity contribution < 1.29 is 19.4 Å². The molecule has 9 heteroatoms. The van der Waals surface area contributed by atoms with E-state index in [1.54, 1.807) is 18.7 Å². The summed E-state index contributed by atoms with van der Waals surface area (Å²) in [5.41, 5.74) is 5.64. The molecule has 0 aliphatic rings. The molecule has 3 rings (SSSR count). The number of methoxy groups -OCH3 is 1. The van der Waals surface area contributed by atoms with Crippen molar-refractivity contribution in [2.75, 3.05) is 7.11 Å². The van der Waals surface area contributed by atoms with Gasteiger partial charge in [-0.1, -0.05) is 45.0 Å². The fourth-order valence-electron chi connectivity index (χ4n) is 3.12. The largest absolute Gasteiger partial charge is 0.504 e. The predicted octanol–water partition coefficient (Wildman–Crippen LogP) is 4.09. The molecule has 0 spiro atoms. The van der Waals surface area contributed by atoms with Crippen LogP contribution in [-0.4, -0.2) is 39.6 Å². The van der Waals surface area contributed by atoms with Crippen LogP contribution in [-0.2, 0) is 17.2 Å². The number of benzene rings is 1. The summed E-state index contributed by atoms with van der Waals surface area (Å²) in [4.78, 5) is 24.5. The second-order valence-electron chi connectivity index (χ2n) is 8.29. The number of thiophene rings is 1. The van der Waals surface area contributed by atoms with E-state index in [0.29, 0.717) is 21.2 Å². The van der Waals surface area contributed by atoms with Gasteiger partial charge >= 0.3 is 5.97 Å². The molecule has 0 saturated heterocycles. The Morgan fingerprint density at radius 3 is 2.34 bits per heavy atom. The molecule has 1 amide bonds. The lowest BCUT2D eigenvalue weighted by Gasteiger charge is -2.19. The van der Waals surface area contributed by atoms with Crippen LogP contribution in [0.1, 0.15) is 58.3 Å². The second-order valence-corrected chi connectivity index (χ2v) is 9.37. The zero-order valence-corrected chi connectivity index (χ0v) is 19.7. The van der Waals surface area contributed by atoms with Gasteiger partial charge in [-0.3, -0.25) is 9.48 Å². The maximum absolute atomic E-state index is 12.3. The lowest BCUT2D eigenvalue weighted by molar-refractivity contribution is 0.0606. The van der Waals surface area contributed by atoms with Crippen LogP contribution >= 0.6 is 11.3 Å². The maximum Gasteiger partial charge on any atom is 0.348 e. The van der Waals surface area contributed by atoms with E-state index in [9.17, 15) is 14.7 Å². The third kappa shape index (κ3) is 4.72. The van der Waals surface area contributed by atoms with Crippen molar-refractivity contribution in [1.29, 1.82) is 0 Å². The summed E-state index contributed by atoms with van der Waals surface area (Å²) in [7, 11) is 3.02. The molecule has 2 aromatic heterocycles. The minimum absolute atomic E-state index is 0.0180. The lowest BCUT2D eigenvalue weighted by Crippen LogP contribution is -2.18. The van der Waals surface area contributed by atoms with Gasteiger partial charge in [0.25, 0.3) is 5.91 Å². The smallest absolute Gasteiger partial charge is 0.348 e. The fourth-order valence-corrected chi connectivity index (χ4v) is 3.94. The summed E-state index contributed by atoms with van der Waals surface area (Å²) in [6, 6.07) is 11.0. The van der Waals surface area contributed by atoms with Gasteiger partial charge in [0.05, 0.1) is 17.7 Å². The highest BCUT2D eigenvalue weighted by Gasteiger charge is 2.21. The third-order valence-corrected chi connectivity index (χ3v) is 5.99. The quantitative estimate of drug-likeness (QED) is 0.343. The Bertz CT molecular complexity index is 1180. The van der Waals surface area contributed by atoms with Gasteiger partial charge in [-0.2, -0.15) is 10.2 Å². The molecule has 0 aliphatic heterocycles. The van der Waals surface area contributed by atoms with Crippen LogP contribution in [0, 0.1) is 0 Å². The van der Waals surface area contributed by atoms with Crippen molar-refractivity contribution in [3.8, 4) is 17.0 Å². The van der Waals surface area contributed by atoms with Crippen LogP contribution in [0.2, 0.25) is 0 Å². The number of aromatic hydroxyl groups is 1. The monoisotopic (exact) mass is 454 g/mol. The van der Waals surface area contributed by atoms with Gasteiger partial charge in [0.15, 0.2) is 11.4 Å². The Balaban J connectivity index is 1.81. The van der Waals surface area contributed by atoms with Gasteiger partial charge in [-0.25, -0.2) is 10.2 Å². The van der Waals surface area contributed by atoms with E-state index in [-0.39, 0.29) is 16.9 Å². The van der Waals surface area contributed by atoms with Crippen molar-refractivity contribution in [3.05, 3.63) is 57.4 Å². The normalized spacial score (nSPS) is 12.0. The average molecular weight is 455 g/mol. The van der Waals surface area contributed by atoms with Crippen molar-refractivity contribution in [1.82, 2.24) is 15.2 Å². The molecule has 0 saturated carbocycles. The summed E-state index contributed by atoms with van der Waals surface area (Å²) in [6.45, 7) is 8.07. The number of hydrogen-bond acceptors (Lipinski definition) is 7. The van der Waals surface area contributed by atoms with Crippen LogP contribution in [0.4, 0.5) is 0 Å². The first-order valence-electron chi connectivity index (χ1n) is 9.93. The molecule has 2 N–H and O–H groups in total. The minimum Gasteiger partial charge on any atom is -0.504 e. The molecular formula is C23H26N4O4S. The molecule has 0 atom stereocenters. The maximum atomic E-state index is 12.3. The Hall–Kier alpha value is -3.46. The van der Waals surface area contributed by atoms with Gasteiger partial charge in [0, 0.05) is 12.6 Å². The van der Waals surface area contributed by atoms with Gasteiger partial charge in [-0.15, -0.1) is 11.3 Å². The van der Waals surface area contributed by atoms with E-state index in [0.717, 1.165) is 16.9 Å². The number of hydrogen-bond donors (Lipinski definition) is 2. The van der Waals surface area contributed by atoms with Crippen LogP contribution < -0.4 is 5.43 Å². The van der Waals surface area contributed by atoms with Crippen LogP contribution in [0.15, 0.2) is 41.5 Å². The first-order chi connectivity index (χ1) is 15.0. The van der Waals surface area contributed by atoms with Crippen LogP contribution in [0.5, 0.6) is 5.75 Å². The van der Waals surface area contributed by atoms with E-state index in [4.69, 9.17) is 0 Å². The molecule has 168 valence electrons. The Morgan fingerprint density at radius 2 is 1.75 bits per heavy atom. The molecule has 0 unspecified atom stereocenters. The number of nitrogens with one attached hydrogen (secondary N) is 1. The molecule has 0 aliphatic carbocycles. The zero-order valence-electron chi connectivity index (χ0n) is 18.9. The zero-order chi connectivity index (χ0) is 23.6. The molecule has 2 heterocycles. The summed E-state index contributed by atoms with van der Waals surface area (Å²) < 4.78 is 6.23. The molecule has 8 nitrogen and oxygen atoms in total. The van der Waals surface area contributed by atoms with E-state index in [1.807, 2.05) is 24.3 Å². The van der Waals surface area contributed by atoms with Crippen molar-refractivity contribution >= 4 is 28.9 Å². The molecule has 0 bridgehead atoms. The SMILES string of the molecule is COC(=O)c1ccc(C(=O)N/N=C(\C)c2nn(C)c(-c3ccc(C(C)(C)C)cc3)c2O)s1. The Morgan fingerprint density at radius 1 is 1.12 bits per heavy atom. The number of amides is 1. The lowest BCUT2D eigenvalue weighted by atomic mass is 9.86. The van der Waals surface area contributed by atoms with Crippen LogP contribution in [0.3, 0.4) is 0 Å². The summed E-state index contributed by atoms with van der Waals surface area (Å²) in [6.07, 6.45) is 0. The van der Waals surface area contributed by atoms with E-state index < -0.39 is 11.9 Å². The third-order valence-electron chi connectivity index (χ3n) is 4.93. The topological polar surface area (TPSA) is 106 Å². The number of nitrogens with zero attached hydrogens (tertiary/aromatic N) is 3. The predicted molar refractivity (Wildman–Crippen MR) is 124 cm³/mol. The number of hydrazone groups is 1. The Labute approximate surface area is 190 Å². The summed E-state index contributed by atoms with van der Waals surface area (Å²) in [5.74, 6) is -0.997. The highest BCUT2D eigenvalue weighted by molar-refractivity contribution is 7.15. The molecule has 1 aromatic carbocycles. The average Bonchev–Trinajstić information content (AvgIpc) is 3.35. The first-order valence-corrected chi connectivity index (χ1v) is 10.7. The summed E-state index contributed by atoms with van der Waals surface area (Å²) >= 11 is 1.01. The molecular weight excluding hydrogens is 428 g/mol. The van der Waals surface area contributed by atoms with Crippen molar-refractivity contribution in [3.63, 3.8) is 0 Å². The number of esters is 1. The van der Waals surface area contributed by atoms with Crippen molar-refractivity contribution in [2.45, 2.75) is 33.1 Å². The Kier molecular flexibility index (Phi) is 6.50. The molecule has 3 aromatic rings. The minimum atomic E-state index is -0.504. The standard InChI is InChI=1S/C23H26N4O4S/c1-13(24-25-21(29)16-11-12-17(32-16)22(30)31-6)18-20(28)19(27(5)26-18)14-7-9-15(10-8-14)23(2,3)4/h7-12,28H,1-6H3,(H,25,29)/b24-13+. The number of aryl methyl sites for hydroxylation is 1. The highest BCUT2D eigenvalue weighted by atomic mass is 32.1. The second kappa shape index (κ2) is 8.96. The number of aromatic nitrogens is 2. The van der Waals surface area contributed by atoms with E-state index in [1.165, 1.54) is 24.8 Å². The van der Waals surface area contributed by atoms with Crippen LogP contribution in [0.25, 0.3) is 11.3 Å². The summed E-state index contributed by atoms with van der Waals surface area (Å²) in [5, 5.41) is 19.3. The molecule has 0 radical (unpaired) electrons. The van der Waals surface area contributed by atoms with Gasteiger partial charge in [-0.05, 0) is 30.0 Å². The van der Waals surface area contributed by atoms with Gasteiger partial charge in [0.1, 0.15) is 10.6 Å². The van der Waals surface area contributed by atoms with Gasteiger partial charge in [0.2, 0.25) is 0 Å². The highest BCUT2D eigenvalue weighted by Crippen LogP contribution is 2.33. The number of rotatable bonds is 5. The molecule has 0 fully saturated rings. The van der Waals surface area contributed by atoms with Gasteiger partial charge < -0.3 is 9.84 Å². The van der Waals surface area contributed by atoms with E-state index >= 15 is 0 Å². The number of ether oxygens (including phenoxy) is 1. The van der Waals surface area contributed by atoms with E-state index in [2.05, 4.69) is 41.1 Å².